The Labute approximate surface area is 278 Å². The van der Waals surface area contributed by atoms with Gasteiger partial charge >= 0.3 is 6.18 Å². The summed E-state index contributed by atoms with van der Waals surface area (Å²) in [5.74, 6) is -1.24. The summed E-state index contributed by atoms with van der Waals surface area (Å²) in [4.78, 5) is 29.1. The lowest BCUT2D eigenvalue weighted by molar-refractivity contribution is -0.140. The number of carbonyl (C=O) groups excluding carboxylic acids is 2. The number of amides is 2. The molecule has 0 fully saturated rings. The Morgan fingerprint density at radius 2 is 1.47 bits per heavy atom. The zero-order valence-electron chi connectivity index (χ0n) is 25.9. The molecule has 0 bridgehead atoms. The van der Waals surface area contributed by atoms with E-state index >= 15 is 0 Å². The van der Waals surface area contributed by atoms with Gasteiger partial charge in [0.2, 0.25) is 11.8 Å². The van der Waals surface area contributed by atoms with E-state index in [4.69, 9.17) is 11.6 Å². The highest BCUT2D eigenvalue weighted by Crippen LogP contribution is 2.38. The van der Waals surface area contributed by atoms with Gasteiger partial charge in [0.15, 0.2) is 0 Å². The number of hydrogen-bond acceptors (Lipinski definition) is 4. The van der Waals surface area contributed by atoms with E-state index in [1.807, 2.05) is 25.1 Å². The molecular weight excluding hydrogens is 651 g/mol. The molecule has 1 atom stereocenters. The molecule has 0 aliphatic heterocycles. The molecule has 0 aromatic heterocycles. The van der Waals surface area contributed by atoms with E-state index < -0.39 is 56.9 Å². The second-order valence-electron chi connectivity index (χ2n) is 11.0. The summed E-state index contributed by atoms with van der Waals surface area (Å²) in [5.41, 5.74) is 0.515. The van der Waals surface area contributed by atoms with Gasteiger partial charge in [-0.2, -0.15) is 13.2 Å². The number of benzene rings is 4. The monoisotopic (exact) mass is 685 g/mol. The van der Waals surface area contributed by atoms with Crippen molar-refractivity contribution in [1.82, 2.24) is 10.2 Å². The summed E-state index contributed by atoms with van der Waals surface area (Å²) >= 11 is 5.87. The summed E-state index contributed by atoms with van der Waals surface area (Å²) in [5, 5.41) is 2.22. The van der Waals surface area contributed by atoms with Gasteiger partial charge in [-0.05, 0) is 54.8 Å². The molecule has 4 aromatic rings. The third-order valence-electron chi connectivity index (χ3n) is 7.45. The average Bonchev–Trinajstić information content (AvgIpc) is 3.05. The average molecular weight is 686 g/mol. The Bertz CT molecular complexity index is 1770. The summed E-state index contributed by atoms with van der Waals surface area (Å²) in [6.07, 6.45) is -4.15. The van der Waals surface area contributed by atoms with Crippen LogP contribution in [0, 0.1) is 6.92 Å². The van der Waals surface area contributed by atoms with Gasteiger partial charge in [0, 0.05) is 19.5 Å². The molecule has 12 heteroatoms. The molecule has 0 spiro atoms. The number of sulfonamides is 1. The molecule has 0 heterocycles. The van der Waals surface area contributed by atoms with Crippen molar-refractivity contribution in [1.29, 1.82) is 0 Å². The van der Waals surface area contributed by atoms with Gasteiger partial charge in [0.1, 0.15) is 12.6 Å². The summed E-state index contributed by atoms with van der Waals surface area (Å²) in [7, 11) is -4.59. The molecule has 4 aromatic carbocycles. The van der Waals surface area contributed by atoms with Crippen molar-refractivity contribution in [2.24, 2.45) is 0 Å². The summed E-state index contributed by atoms with van der Waals surface area (Å²) in [6, 6.07) is 25.2. The van der Waals surface area contributed by atoms with Crippen LogP contribution in [0.2, 0.25) is 5.02 Å². The van der Waals surface area contributed by atoms with Gasteiger partial charge in [-0.25, -0.2) is 8.42 Å². The van der Waals surface area contributed by atoms with E-state index in [1.165, 1.54) is 17.0 Å². The molecule has 0 unspecified atom stereocenters. The van der Waals surface area contributed by atoms with Crippen molar-refractivity contribution in [2.45, 2.75) is 50.3 Å². The SMILES string of the molecule is CCCNC(=O)[C@H](Cc1ccccc1)N(Cc1ccccc1)C(=O)CN(c1ccc(Cl)c(C(F)(F)F)c1)S(=O)(=O)c1ccc(C)cc1. The van der Waals surface area contributed by atoms with Gasteiger partial charge in [0.25, 0.3) is 10.0 Å². The fourth-order valence-corrected chi connectivity index (χ4v) is 6.58. The van der Waals surface area contributed by atoms with E-state index in [2.05, 4.69) is 5.32 Å². The molecule has 4 rings (SSSR count). The van der Waals surface area contributed by atoms with Crippen molar-refractivity contribution in [3.05, 3.63) is 130 Å². The Morgan fingerprint density at radius 1 is 0.872 bits per heavy atom. The minimum absolute atomic E-state index is 0.0659. The van der Waals surface area contributed by atoms with Gasteiger partial charge in [-0.15, -0.1) is 0 Å². The van der Waals surface area contributed by atoms with Gasteiger partial charge in [-0.1, -0.05) is 96.9 Å². The zero-order valence-corrected chi connectivity index (χ0v) is 27.4. The number of nitrogens with one attached hydrogen (secondary N) is 1. The number of carbonyl (C=O) groups is 2. The number of halogens is 4. The zero-order chi connectivity index (χ0) is 34.2. The van der Waals surface area contributed by atoms with Gasteiger partial charge in [-0.3, -0.25) is 13.9 Å². The largest absolute Gasteiger partial charge is 0.417 e. The van der Waals surface area contributed by atoms with E-state index in [9.17, 15) is 31.2 Å². The minimum Gasteiger partial charge on any atom is -0.354 e. The number of aryl methyl sites for hydroxylation is 1. The summed E-state index contributed by atoms with van der Waals surface area (Å²) in [6.45, 7) is 3.02. The lowest BCUT2D eigenvalue weighted by Gasteiger charge is -2.34. The van der Waals surface area contributed by atoms with Crippen molar-refractivity contribution in [2.75, 3.05) is 17.4 Å². The van der Waals surface area contributed by atoms with Crippen LogP contribution < -0.4 is 9.62 Å². The Balaban J connectivity index is 1.84. The molecule has 2 amide bonds. The van der Waals surface area contributed by atoms with E-state index in [0.29, 0.717) is 28.9 Å². The molecule has 0 radical (unpaired) electrons. The molecule has 248 valence electrons. The van der Waals surface area contributed by atoms with Crippen LogP contribution in [0.5, 0.6) is 0 Å². The Hall–Kier alpha value is -4.35. The molecule has 0 aliphatic carbocycles. The topological polar surface area (TPSA) is 86.8 Å². The minimum atomic E-state index is -4.89. The third-order valence-corrected chi connectivity index (χ3v) is 9.56. The lowest BCUT2D eigenvalue weighted by atomic mass is 10.0. The molecule has 0 saturated carbocycles. The molecule has 1 N–H and O–H groups in total. The van der Waals surface area contributed by atoms with Crippen LogP contribution in [0.3, 0.4) is 0 Å². The number of hydrogen-bond donors (Lipinski definition) is 1. The van der Waals surface area contributed by atoms with Crippen LogP contribution in [0.25, 0.3) is 0 Å². The first-order valence-corrected chi connectivity index (χ1v) is 16.7. The van der Waals surface area contributed by atoms with E-state index in [1.54, 1.807) is 61.5 Å². The maximum atomic E-state index is 14.4. The smallest absolute Gasteiger partial charge is 0.354 e. The second-order valence-corrected chi connectivity index (χ2v) is 13.3. The third kappa shape index (κ3) is 9.14. The molecule has 47 heavy (non-hydrogen) atoms. The predicted octanol–water partition coefficient (Wildman–Crippen LogP) is 7.03. The first-order valence-electron chi connectivity index (χ1n) is 14.9. The van der Waals surface area contributed by atoms with Crippen LogP contribution in [0.15, 0.2) is 108 Å². The normalized spacial score (nSPS) is 12.3. The number of rotatable bonds is 13. The first-order chi connectivity index (χ1) is 22.3. The Kier molecular flexibility index (Phi) is 11.7. The Morgan fingerprint density at radius 3 is 2.04 bits per heavy atom. The fourth-order valence-electron chi connectivity index (χ4n) is 4.95. The molecule has 0 saturated heterocycles. The van der Waals surface area contributed by atoms with Crippen molar-refractivity contribution < 1.29 is 31.2 Å². The maximum Gasteiger partial charge on any atom is 0.417 e. The van der Waals surface area contributed by atoms with E-state index in [-0.39, 0.29) is 17.9 Å². The highest BCUT2D eigenvalue weighted by molar-refractivity contribution is 7.92. The maximum absolute atomic E-state index is 14.4. The number of anilines is 1. The standard InChI is InChI=1S/C35H35ClF3N3O4S/c1-3-20-40-34(44)32(21-26-10-6-4-7-11-26)41(23-27-12-8-5-9-13-27)33(43)24-42(47(45,46)29-17-14-25(2)15-18-29)28-16-19-31(36)30(22-28)35(37,38)39/h4-19,22,32H,3,20-21,23-24H2,1-2H3,(H,40,44)/t32-/m0/s1. The quantitative estimate of drug-likeness (QED) is 0.164. The highest BCUT2D eigenvalue weighted by Gasteiger charge is 2.37. The van der Waals surface area contributed by atoms with Crippen LogP contribution in [-0.2, 0) is 38.8 Å². The molecular formula is C35H35ClF3N3O4S. The molecule has 0 aliphatic rings. The van der Waals surface area contributed by atoms with Crippen LogP contribution >= 0.6 is 11.6 Å². The van der Waals surface area contributed by atoms with Crippen molar-refractivity contribution in [3.8, 4) is 0 Å². The van der Waals surface area contributed by atoms with Gasteiger partial charge in [0.05, 0.1) is 21.2 Å². The van der Waals surface area contributed by atoms with Crippen LogP contribution in [0.1, 0.15) is 35.6 Å². The second kappa shape index (κ2) is 15.5. The number of alkyl halides is 3. The highest BCUT2D eigenvalue weighted by atomic mass is 35.5. The van der Waals surface area contributed by atoms with Gasteiger partial charge < -0.3 is 10.2 Å². The van der Waals surface area contributed by atoms with E-state index in [0.717, 1.165) is 23.3 Å². The number of nitrogens with zero attached hydrogens (tertiary/aromatic N) is 2. The van der Waals surface area contributed by atoms with Crippen molar-refractivity contribution >= 4 is 39.1 Å². The first kappa shape index (κ1) is 35.5. The predicted molar refractivity (Wildman–Crippen MR) is 176 cm³/mol. The summed E-state index contributed by atoms with van der Waals surface area (Å²) < 4.78 is 70.6. The van der Waals surface area contributed by atoms with Crippen molar-refractivity contribution in [3.63, 3.8) is 0 Å². The lowest BCUT2D eigenvalue weighted by Crippen LogP contribution is -2.53. The van der Waals surface area contributed by atoms with Crippen LogP contribution in [-0.4, -0.2) is 44.3 Å². The molecule has 7 nitrogen and oxygen atoms in total. The van der Waals surface area contributed by atoms with Crippen LogP contribution in [0.4, 0.5) is 18.9 Å². The fraction of sp³-hybridized carbons (Fsp3) is 0.257.